The normalized spacial score (nSPS) is 14.8. The van der Waals surface area contributed by atoms with Crippen LogP contribution in [0.3, 0.4) is 0 Å². The summed E-state index contributed by atoms with van der Waals surface area (Å²) in [6.45, 7) is 4.84. The third-order valence-corrected chi connectivity index (χ3v) is 2.76. The van der Waals surface area contributed by atoms with Crippen molar-refractivity contribution in [1.82, 2.24) is 4.90 Å². The molecule has 1 amide bonds. The number of aliphatic carboxylic acids is 1. The van der Waals surface area contributed by atoms with Gasteiger partial charge in [-0.25, -0.2) is 4.79 Å². The van der Waals surface area contributed by atoms with E-state index >= 15 is 0 Å². The van der Waals surface area contributed by atoms with E-state index < -0.39 is 11.5 Å². The molecule has 0 bridgehead atoms. The zero-order valence-corrected chi connectivity index (χ0v) is 9.90. The molecule has 0 aromatic rings. The number of amides is 1. The first kappa shape index (κ1) is 13.9. The predicted octanol–water partition coefficient (Wildman–Crippen LogP) is 0.590. The second-order valence-corrected chi connectivity index (χ2v) is 3.90. The maximum Gasteiger partial charge on any atom is 0.332 e. The summed E-state index contributed by atoms with van der Waals surface area (Å²) in [6.07, 6.45) is 0. The van der Waals surface area contributed by atoms with Gasteiger partial charge in [0.25, 0.3) is 0 Å². The second kappa shape index (κ2) is 5.11. The first-order valence-corrected chi connectivity index (χ1v) is 4.77. The number of carboxylic acids is 1. The Bertz CT molecular complexity index is 252. The van der Waals surface area contributed by atoms with Gasteiger partial charge in [-0.2, -0.15) is 0 Å². The average molecular weight is 217 g/mol. The summed E-state index contributed by atoms with van der Waals surface area (Å²) in [5, 5.41) is 9.27. The van der Waals surface area contributed by atoms with E-state index in [-0.39, 0.29) is 18.4 Å². The highest BCUT2D eigenvalue weighted by molar-refractivity contribution is 5.86. The molecule has 0 heterocycles. The molecule has 0 aliphatic heterocycles. The number of carbonyl (C=O) groups excluding carboxylic acids is 1. The van der Waals surface area contributed by atoms with Gasteiger partial charge in [0.2, 0.25) is 5.91 Å². The quantitative estimate of drug-likeness (QED) is 0.732. The first-order valence-electron chi connectivity index (χ1n) is 4.77. The molecule has 15 heavy (non-hydrogen) atoms. The summed E-state index contributed by atoms with van der Waals surface area (Å²) < 4.78 is 4.93. The van der Waals surface area contributed by atoms with Crippen molar-refractivity contribution in [2.75, 3.05) is 20.8 Å². The lowest BCUT2D eigenvalue weighted by Gasteiger charge is -2.40. The van der Waals surface area contributed by atoms with Gasteiger partial charge in [-0.3, -0.25) is 4.79 Å². The Balaban J connectivity index is 5.30. The zero-order chi connectivity index (χ0) is 12.2. The van der Waals surface area contributed by atoms with Crippen LogP contribution in [0.4, 0.5) is 0 Å². The first-order chi connectivity index (χ1) is 6.80. The maximum atomic E-state index is 11.3. The Kier molecular flexibility index (Phi) is 4.74. The molecule has 0 aromatic heterocycles. The van der Waals surface area contributed by atoms with E-state index in [4.69, 9.17) is 4.74 Å². The van der Waals surface area contributed by atoms with Crippen molar-refractivity contribution >= 4 is 11.9 Å². The Morgan fingerprint density at radius 2 is 1.93 bits per heavy atom. The van der Waals surface area contributed by atoms with Crippen LogP contribution in [-0.2, 0) is 14.3 Å². The van der Waals surface area contributed by atoms with Gasteiger partial charge >= 0.3 is 5.97 Å². The van der Waals surface area contributed by atoms with Gasteiger partial charge in [0.05, 0.1) is 6.61 Å². The van der Waals surface area contributed by atoms with E-state index in [9.17, 15) is 14.7 Å². The largest absolute Gasteiger partial charge is 0.479 e. The van der Waals surface area contributed by atoms with Crippen molar-refractivity contribution in [2.45, 2.75) is 26.3 Å². The van der Waals surface area contributed by atoms with Crippen LogP contribution in [0.1, 0.15) is 20.8 Å². The van der Waals surface area contributed by atoms with Crippen LogP contribution < -0.4 is 0 Å². The highest BCUT2D eigenvalue weighted by atomic mass is 16.5. The third-order valence-electron chi connectivity index (χ3n) is 2.76. The van der Waals surface area contributed by atoms with Crippen LogP contribution in [-0.4, -0.2) is 48.2 Å². The van der Waals surface area contributed by atoms with E-state index in [0.717, 1.165) is 0 Å². The molecule has 0 radical (unpaired) electrons. The lowest BCUT2D eigenvalue weighted by molar-refractivity contribution is -0.165. The monoisotopic (exact) mass is 217 g/mol. The molecule has 0 fully saturated rings. The molecular weight excluding hydrogens is 198 g/mol. The smallest absolute Gasteiger partial charge is 0.332 e. The van der Waals surface area contributed by atoms with Crippen LogP contribution >= 0.6 is 0 Å². The fraction of sp³-hybridized carbons (Fsp3) is 0.800. The molecule has 0 saturated carbocycles. The van der Waals surface area contributed by atoms with Crippen molar-refractivity contribution in [3.05, 3.63) is 0 Å². The van der Waals surface area contributed by atoms with Gasteiger partial charge in [0, 0.05) is 21.1 Å². The highest BCUT2D eigenvalue weighted by Crippen LogP contribution is 2.25. The number of carbonyl (C=O) groups is 2. The van der Waals surface area contributed by atoms with E-state index in [1.54, 1.807) is 13.8 Å². The topological polar surface area (TPSA) is 66.8 Å². The Morgan fingerprint density at radius 3 is 2.13 bits per heavy atom. The maximum absolute atomic E-state index is 11.3. The van der Waals surface area contributed by atoms with Crippen LogP contribution in [0.15, 0.2) is 0 Å². The predicted molar refractivity (Wildman–Crippen MR) is 55.5 cm³/mol. The Labute approximate surface area is 90.0 Å². The van der Waals surface area contributed by atoms with E-state index in [1.165, 1.54) is 26.0 Å². The van der Waals surface area contributed by atoms with E-state index in [1.807, 2.05) is 0 Å². The molecule has 0 aliphatic carbocycles. The Hall–Kier alpha value is -1.10. The number of hydrogen-bond donors (Lipinski definition) is 1. The molecule has 0 spiro atoms. The van der Waals surface area contributed by atoms with Crippen molar-refractivity contribution in [2.24, 2.45) is 5.92 Å². The number of rotatable bonds is 5. The molecule has 0 saturated heterocycles. The van der Waals surface area contributed by atoms with Gasteiger partial charge < -0.3 is 14.7 Å². The minimum absolute atomic E-state index is 0.0178. The molecule has 88 valence electrons. The molecule has 0 rings (SSSR count). The molecule has 1 atom stereocenters. The summed E-state index contributed by atoms with van der Waals surface area (Å²) in [6, 6.07) is 0. The van der Waals surface area contributed by atoms with Crippen molar-refractivity contribution in [3.63, 3.8) is 0 Å². The van der Waals surface area contributed by atoms with Crippen LogP contribution in [0.2, 0.25) is 0 Å². The van der Waals surface area contributed by atoms with Crippen LogP contribution in [0.25, 0.3) is 0 Å². The molecule has 0 aromatic carbocycles. The van der Waals surface area contributed by atoms with E-state index in [2.05, 4.69) is 0 Å². The van der Waals surface area contributed by atoms with Gasteiger partial charge in [-0.15, -0.1) is 0 Å². The minimum Gasteiger partial charge on any atom is -0.479 e. The second-order valence-electron chi connectivity index (χ2n) is 3.90. The number of carboxylic acid groups (broad SMARTS) is 1. The summed E-state index contributed by atoms with van der Waals surface area (Å²) >= 11 is 0. The van der Waals surface area contributed by atoms with Crippen LogP contribution in [0.5, 0.6) is 0 Å². The molecule has 5 heteroatoms. The van der Waals surface area contributed by atoms with Crippen molar-refractivity contribution < 1.29 is 19.4 Å². The average Bonchev–Trinajstić information content (AvgIpc) is 2.11. The number of nitrogens with zero attached hydrogens (tertiary/aromatic N) is 1. The summed E-state index contributed by atoms with van der Waals surface area (Å²) in [7, 11) is 2.91. The van der Waals surface area contributed by atoms with Gasteiger partial charge in [-0.05, 0) is 5.92 Å². The standard InChI is InChI=1S/C10H19NO4/c1-7(2)10(6-15-5,9(13)14)11(4)8(3)12/h7H,6H2,1-5H3,(H,13,14). The number of ether oxygens (including phenoxy) is 1. The number of likely N-dealkylation sites (N-methyl/N-ethyl adjacent to an activating group) is 1. The minimum atomic E-state index is -1.29. The third kappa shape index (κ3) is 2.47. The van der Waals surface area contributed by atoms with Crippen molar-refractivity contribution in [1.29, 1.82) is 0 Å². The summed E-state index contributed by atoms with van der Waals surface area (Å²) in [5.41, 5.74) is -1.29. The van der Waals surface area contributed by atoms with Crippen LogP contribution in [0, 0.1) is 5.92 Å². The summed E-state index contributed by atoms with van der Waals surface area (Å²) in [4.78, 5) is 23.8. The van der Waals surface area contributed by atoms with E-state index in [0.29, 0.717) is 0 Å². The molecule has 1 N–H and O–H groups in total. The number of methoxy groups -OCH3 is 1. The van der Waals surface area contributed by atoms with Crippen molar-refractivity contribution in [3.8, 4) is 0 Å². The lowest BCUT2D eigenvalue weighted by atomic mass is 9.85. The fourth-order valence-electron chi connectivity index (χ4n) is 1.60. The lowest BCUT2D eigenvalue weighted by Crippen LogP contribution is -2.61. The van der Waals surface area contributed by atoms with Gasteiger partial charge in [-0.1, -0.05) is 13.8 Å². The Morgan fingerprint density at radius 1 is 1.47 bits per heavy atom. The highest BCUT2D eigenvalue weighted by Gasteiger charge is 2.47. The summed E-state index contributed by atoms with van der Waals surface area (Å²) in [5.74, 6) is -1.57. The van der Waals surface area contributed by atoms with Gasteiger partial charge in [0.1, 0.15) is 0 Å². The molecule has 0 aliphatic rings. The zero-order valence-electron chi connectivity index (χ0n) is 9.90. The SMILES string of the molecule is COCC(C(=O)O)(C(C)C)N(C)C(C)=O. The molecule has 5 nitrogen and oxygen atoms in total. The fourth-order valence-corrected chi connectivity index (χ4v) is 1.60. The van der Waals surface area contributed by atoms with Gasteiger partial charge in [0.15, 0.2) is 5.54 Å². The molecule has 1 unspecified atom stereocenters. The number of hydrogen-bond acceptors (Lipinski definition) is 3. The molecular formula is C10H19NO4.